The van der Waals surface area contributed by atoms with E-state index in [4.69, 9.17) is 17.3 Å². The van der Waals surface area contributed by atoms with Gasteiger partial charge in [0.05, 0.1) is 10.7 Å². The van der Waals surface area contributed by atoms with Gasteiger partial charge in [0, 0.05) is 24.7 Å². The molecule has 1 aromatic carbocycles. The first kappa shape index (κ1) is 14.8. The van der Waals surface area contributed by atoms with Crippen molar-refractivity contribution in [2.45, 2.75) is 19.9 Å². The number of carbonyl (C=O) groups excluding carboxylic acids is 1. The minimum absolute atomic E-state index is 0.131. The molecule has 0 aromatic heterocycles. The quantitative estimate of drug-likeness (QED) is 0.804. The van der Waals surface area contributed by atoms with Crippen LogP contribution in [0.25, 0.3) is 0 Å². The number of carbonyl (C=O) groups is 1. The number of nitrogen functional groups attached to an aromatic ring is 1. The third kappa shape index (κ3) is 4.20. The molecule has 1 rings (SSSR count). The monoisotopic (exact) mass is 269 g/mol. The first-order chi connectivity index (χ1) is 8.41. The zero-order chi connectivity index (χ0) is 13.7. The van der Waals surface area contributed by atoms with Gasteiger partial charge in [-0.3, -0.25) is 4.79 Å². The number of nitrogens with two attached hydrogens (primary N) is 1. The molecule has 4 nitrogen and oxygen atoms in total. The molecule has 18 heavy (non-hydrogen) atoms. The maximum Gasteiger partial charge on any atom is 0.251 e. The van der Waals surface area contributed by atoms with E-state index in [9.17, 15) is 4.79 Å². The van der Waals surface area contributed by atoms with Crippen molar-refractivity contribution >= 4 is 23.2 Å². The Morgan fingerprint density at radius 3 is 2.72 bits per heavy atom. The fourth-order valence-electron chi connectivity index (χ4n) is 1.37. The van der Waals surface area contributed by atoms with Gasteiger partial charge in [0.15, 0.2) is 0 Å². The third-order valence-corrected chi connectivity index (χ3v) is 3.22. The van der Waals surface area contributed by atoms with Crippen LogP contribution in [0, 0.1) is 0 Å². The Bertz CT molecular complexity index is 421. The Hall–Kier alpha value is -1.26. The van der Waals surface area contributed by atoms with Crippen molar-refractivity contribution in [2.24, 2.45) is 0 Å². The van der Waals surface area contributed by atoms with Gasteiger partial charge in [-0.15, -0.1) is 0 Å². The lowest BCUT2D eigenvalue weighted by atomic mass is 10.2. The average Bonchev–Trinajstić information content (AvgIpc) is 2.32. The van der Waals surface area contributed by atoms with Gasteiger partial charge in [0.25, 0.3) is 5.91 Å². The second-order valence-corrected chi connectivity index (χ2v) is 4.97. The molecule has 0 spiro atoms. The fraction of sp³-hybridized carbons (Fsp3) is 0.462. The number of hydrogen-bond donors (Lipinski definition) is 2. The summed E-state index contributed by atoms with van der Waals surface area (Å²) in [6, 6.07) is 5.35. The normalized spacial score (nSPS) is 11.0. The molecular weight excluding hydrogens is 250 g/mol. The summed E-state index contributed by atoms with van der Waals surface area (Å²) in [4.78, 5) is 14.0. The van der Waals surface area contributed by atoms with Gasteiger partial charge in [-0.05, 0) is 39.1 Å². The molecule has 0 aliphatic carbocycles. The van der Waals surface area contributed by atoms with Gasteiger partial charge in [-0.25, -0.2) is 0 Å². The minimum atomic E-state index is -0.131. The van der Waals surface area contributed by atoms with E-state index in [1.807, 2.05) is 7.05 Å². The molecule has 0 aliphatic heterocycles. The van der Waals surface area contributed by atoms with Gasteiger partial charge in [-0.1, -0.05) is 11.6 Å². The molecule has 0 fully saturated rings. The molecule has 0 unspecified atom stereocenters. The number of amides is 1. The second-order valence-electron chi connectivity index (χ2n) is 4.57. The van der Waals surface area contributed by atoms with E-state index < -0.39 is 0 Å². The number of hydrogen-bond acceptors (Lipinski definition) is 3. The van der Waals surface area contributed by atoms with Crippen LogP contribution in [0.3, 0.4) is 0 Å². The number of nitrogens with zero attached hydrogens (tertiary/aromatic N) is 1. The lowest BCUT2D eigenvalue weighted by Crippen LogP contribution is -2.36. The van der Waals surface area contributed by atoms with Gasteiger partial charge in [-0.2, -0.15) is 0 Å². The molecule has 3 N–H and O–H groups in total. The summed E-state index contributed by atoms with van der Waals surface area (Å²) in [5.74, 6) is -0.131. The van der Waals surface area contributed by atoms with Crippen LogP contribution < -0.4 is 11.1 Å². The number of likely N-dealkylation sites (N-methyl/N-ethyl adjacent to an activating group) is 1. The van der Waals surface area contributed by atoms with Gasteiger partial charge in [0.1, 0.15) is 0 Å². The standard InChI is InChI=1S/C13H20ClN3O/c1-9(2)17(3)7-6-16-13(18)10-4-5-12(15)11(14)8-10/h4-5,8-9H,6-7,15H2,1-3H3,(H,16,18). The summed E-state index contributed by atoms with van der Waals surface area (Å²) in [6.45, 7) is 5.64. The van der Waals surface area contributed by atoms with Crippen molar-refractivity contribution in [1.82, 2.24) is 10.2 Å². The van der Waals surface area contributed by atoms with Crippen LogP contribution in [-0.2, 0) is 0 Å². The number of halogens is 1. The first-order valence-electron chi connectivity index (χ1n) is 5.95. The van der Waals surface area contributed by atoms with Crippen LogP contribution in [0.5, 0.6) is 0 Å². The lowest BCUT2D eigenvalue weighted by molar-refractivity contribution is 0.0948. The zero-order valence-corrected chi connectivity index (χ0v) is 11.8. The Labute approximate surface area is 113 Å². The van der Waals surface area contributed by atoms with E-state index in [1.165, 1.54) is 0 Å². The van der Waals surface area contributed by atoms with Gasteiger partial charge in [0.2, 0.25) is 0 Å². The van der Waals surface area contributed by atoms with Crippen molar-refractivity contribution in [3.05, 3.63) is 28.8 Å². The highest BCUT2D eigenvalue weighted by Gasteiger charge is 2.08. The highest BCUT2D eigenvalue weighted by atomic mass is 35.5. The predicted molar refractivity (Wildman–Crippen MR) is 76.0 cm³/mol. The van der Waals surface area contributed by atoms with E-state index in [0.717, 1.165) is 6.54 Å². The van der Waals surface area contributed by atoms with E-state index in [-0.39, 0.29) is 5.91 Å². The van der Waals surface area contributed by atoms with Crippen molar-refractivity contribution in [3.63, 3.8) is 0 Å². The van der Waals surface area contributed by atoms with Gasteiger partial charge >= 0.3 is 0 Å². The van der Waals surface area contributed by atoms with E-state index >= 15 is 0 Å². The molecule has 1 amide bonds. The van der Waals surface area contributed by atoms with Crippen LogP contribution in [0.1, 0.15) is 24.2 Å². The van der Waals surface area contributed by atoms with E-state index in [1.54, 1.807) is 18.2 Å². The molecule has 0 radical (unpaired) electrons. The highest BCUT2D eigenvalue weighted by Crippen LogP contribution is 2.19. The fourth-order valence-corrected chi connectivity index (χ4v) is 1.55. The number of rotatable bonds is 5. The molecular formula is C13H20ClN3O. The molecule has 0 heterocycles. The van der Waals surface area contributed by atoms with Crippen LogP contribution in [0.15, 0.2) is 18.2 Å². The smallest absolute Gasteiger partial charge is 0.251 e. The van der Waals surface area contributed by atoms with Crippen LogP contribution in [-0.4, -0.2) is 37.0 Å². The molecule has 100 valence electrons. The summed E-state index contributed by atoms with van der Waals surface area (Å²) in [6.07, 6.45) is 0. The van der Waals surface area contributed by atoms with Crippen LogP contribution in [0.2, 0.25) is 5.02 Å². The number of nitrogens with one attached hydrogen (secondary N) is 1. The third-order valence-electron chi connectivity index (χ3n) is 2.89. The zero-order valence-electron chi connectivity index (χ0n) is 11.0. The molecule has 0 saturated carbocycles. The largest absolute Gasteiger partial charge is 0.398 e. The van der Waals surface area contributed by atoms with Crippen LogP contribution >= 0.6 is 11.6 Å². The SMILES string of the molecule is CC(C)N(C)CCNC(=O)c1ccc(N)c(Cl)c1. The second kappa shape index (κ2) is 6.61. The van der Waals surface area contributed by atoms with Crippen LogP contribution in [0.4, 0.5) is 5.69 Å². The summed E-state index contributed by atoms with van der Waals surface area (Å²) in [5.41, 5.74) is 6.60. The Morgan fingerprint density at radius 2 is 2.17 bits per heavy atom. The predicted octanol–water partition coefficient (Wildman–Crippen LogP) is 1.99. The maximum atomic E-state index is 11.8. The summed E-state index contributed by atoms with van der Waals surface area (Å²) in [7, 11) is 2.02. The molecule has 5 heteroatoms. The molecule has 0 atom stereocenters. The molecule has 1 aromatic rings. The summed E-state index contributed by atoms with van der Waals surface area (Å²) >= 11 is 5.87. The highest BCUT2D eigenvalue weighted by molar-refractivity contribution is 6.33. The molecule has 0 aliphatic rings. The maximum absolute atomic E-state index is 11.8. The van der Waals surface area contributed by atoms with Crippen molar-refractivity contribution in [2.75, 3.05) is 25.9 Å². The number of anilines is 1. The summed E-state index contributed by atoms with van der Waals surface area (Å²) in [5, 5.41) is 3.26. The number of benzene rings is 1. The van der Waals surface area contributed by atoms with Crippen molar-refractivity contribution < 1.29 is 4.79 Å². The lowest BCUT2D eigenvalue weighted by Gasteiger charge is -2.20. The topological polar surface area (TPSA) is 58.4 Å². The summed E-state index contributed by atoms with van der Waals surface area (Å²) < 4.78 is 0. The first-order valence-corrected chi connectivity index (χ1v) is 6.33. The Morgan fingerprint density at radius 1 is 1.50 bits per heavy atom. The Kier molecular flexibility index (Phi) is 5.44. The molecule has 0 saturated heterocycles. The average molecular weight is 270 g/mol. The Balaban J connectivity index is 2.48. The van der Waals surface area contributed by atoms with E-state index in [0.29, 0.717) is 28.9 Å². The van der Waals surface area contributed by atoms with E-state index in [2.05, 4.69) is 24.1 Å². The van der Waals surface area contributed by atoms with Gasteiger partial charge < -0.3 is 16.0 Å². The van der Waals surface area contributed by atoms with Crippen molar-refractivity contribution in [1.29, 1.82) is 0 Å². The molecule has 0 bridgehead atoms. The minimum Gasteiger partial charge on any atom is -0.398 e. The van der Waals surface area contributed by atoms with Crippen molar-refractivity contribution in [3.8, 4) is 0 Å².